The lowest BCUT2D eigenvalue weighted by atomic mass is 10.0. The Morgan fingerprint density at radius 1 is 0.476 bits per heavy atom. The molecule has 0 heterocycles. The maximum atomic E-state index is 2.29. The van der Waals surface area contributed by atoms with E-state index in [1.165, 1.54) is 96.4 Å². The SMILES string of the molecule is CCCCCCCCCCCCCCCCN(C)C.Cl.Cl. The van der Waals surface area contributed by atoms with Gasteiger partial charge in [-0.25, -0.2) is 0 Å². The molecule has 0 aromatic heterocycles. The largest absolute Gasteiger partial charge is 0.309 e. The van der Waals surface area contributed by atoms with Crippen molar-refractivity contribution in [2.75, 3.05) is 20.6 Å². The summed E-state index contributed by atoms with van der Waals surface area (Å²) in [5, 5.41) is 0. The average molecular weight is 342 g/mol. The number of unbranched alkanes of at least 4 members (excludes halogenated alkanes) is 13. The fraction of sp³-hybridized carbons (Fsp3) is 1.00. The molecular weight excluding hydrogens is 301 g/mol. The first-order chi connectivity index (χ1) is 9.27. The lowest BCUT2D eigenvalue weighted by Gasteiger charge is -2.08. The van der Waals surface area contributed by atoms with Crippen LogP contribution in [0.15, 0.2) is 0 Å². The van der Waals surface area contributed by atoms with Crippen molar-refractivity contribution in [1.82, 2.24) is 4.90 Å². The highest BCUT2D eigenvalue weighted by atomic mass is 35.5. The molecule has 0 aromatic rings. The molecule has 0 aromatic carbocycles. The van der Waals surface area contributed by atoms with Crippen LogP contribution in [0.1, 0.15) is 96.8 Å². The van der Waals surface area contributed by atoms with Crippen LogP contribution in [0.5, 0.6) is 0 Å². The fourth-order valence-corrected chi connectivity index (χ4v) is 2.62. The molecule has 3 heteroatoms. The molecule has 0 unspecified atom stereocenters. The van der Waals surface area contributed by atoms with Crippen molar-refractivity contribution in [2.45, 2.75) is 96.8 Å². The summed E-state index contributed by atoms with van der Waals surface area (Å²) in [6, 6.07) is 0. The van der Waals surface area contributed by atoms with Crippen molar-refractivity contribution in [2.24, 2.45) is 0 Å². The predicted octanol–water partition coefficient (Wildman–Crippen LogP) is 6.87. The van der Waals surface area contributed by atoms with Gasteiger partial charge in [0, 0.05) is 0 Å². The maximum absolute atomic E-state index is 2.29. The Morgan fingerprint density at radius 2 is 0.762 bits per heavy atom. The minimum atomic E-state index is 0. The highest BCUT2D eigenvalue weighted by molar-refractivity contribution is 5.85. The second kappa shape index (κ2) is 22.8. The molecule has 0 spiro atoms. The van der Waals surface area contributed by atoms with Crippen molar-refractivity contribution >= 4 is 24.8 Å². The topological polar surface area (TPSA) is 3.24 Å². The number of hydrogen-bond donors (Lipinski definition) is 0. The Hall–Kier alpha value is 0.540. The van der Waals surface area contributed by atoms with Crippen molar-refractivity contribution in [3.05, 3.63) is 0 Å². The molecule has 21 heavy (non-hydrogen) atoms. The maximum Gasteiger partial charge on any atom is -0.00248 e. The molecule has 0 aliphatic rings. The molecule has 0 radical (unpaired) electrons. The molecule has 0 aliphatic carbocycles. The molecule has 132 valence electrons. The Morgan fingerprint density at radius 3 is 1.05 bits per heavy atom. The second-order valence-electron chi connectivity index (χ2n) is 6.40. The van der Waals surface area contributed by atoms with Gasteiger partial charge in [-0.1, -0.05) is 90.4 Å². The number of rotatable bonds is 15. The Balaban J connectivity index is -0.00000162. The third kappa shape index (κ3) is 25.8. The van der Waals surface area contributed by atoms with E-state index in [2.05, 4.69) is 25.9 Å². The van der Waals surface area contributed by atoms with E-state index in [1.807, 2.05) is 0 Å². The van der Waals surface area contributed by atoms with Crippen molar-refractivity contribution < 1.29 is 0 Å². The van der Waals surface area contributed by atoms with Crippen molar-refractivity contribution in [1.29, 1.82) is 0 Å². The quantitative estimate of drug-likeness (QED) is 0.293. The highest BCUT2D eigenvalue weighted by Crippen LogP contribution is 2.12. The Labute approximate surface area is 147 Å². The summed E-state index contributed by atoms with van der Waals surface area (Å²) in [4.78, 5) is 2.29. The normalized spacial score (nSPS) is 10.3. The lowest BCUT2D eigenvalue weighted by Crippen LogP contribution is -2.12. The lowest BCUT2D eigenvalue weighted by molar-refractivity contribution is 0.389. The van der Waals surface area contributed by atoms with Crippen molar-refractivity contribution in [3.8, 4) is 0 Å². The van der Waals surface area contributed by atoms with E-state index >= 15 is 0 Å². The summed E-state index contributed by atoms with van der Waals surface area (Å²) in [5.41, 5.74) is 0. The second-order valence-corrected chi connectivity index (χ2v) is 6.40. The third-order valence-corrected chi connectivity index (χ3v) is 3.96. The van der Waals surface area contributed by atoms with E-state index in [-0.39, 0.29) is 24.8 Å². The van der Waals surface area contributed by atoms with Crippen LogP contribution < -0.4 is 0 Å². The van der Waals surface area contributed by atoms with Gasteiger partial charge in [-0.3, -0.25) is 0 Å². The monoisotopic (exact) mass is 341 g/mol. The molecule has 0 bridgehead atoms. The van der Waals surface area contributed by atoms with Gasteiger partial charge in [0.25, 0.3) is 0 Å². The standard InChI is InChI=1S/C18H39N.2ClH/c1-4-5-6-7-8-9-10-11-12-13-14-15-16-17-18-19(2)3;;/h4-18H2,1-3H3;2*1H. The molecule has 0 saturated heterocycles. The fourth-order valence-electron chi connectivity index (χ4n) is 2.62. The summed E-state index contributed by atoms with van der Waals surface area (Å²) in [7, 11) is 4.34. The number of hydrogen-bond acceptors (Lipinski definition) is 1. The molecule has 0 N–H and O–H groups in total. The van der Waals surface area contributed by atoms with Gasteiger partial charge in [0.05, 0.1) is 0 Å². The van der Waals surface area contributed by atoms with Crippen LogP contribution >= 0.6 is 24.8 Å². The first-order valence-electron chi connectivity index (χ1n) is 8.92. The van der Waals surface area contributed by atoms with Crippen LogP contribution in [-0.4, -0.2) is 25.5 Å². The van der Waals surface area contributed by atoms with E-state index < -0.39 is 0 Å². The van der Waals surface area contributed by atoms with Gasteiger partial charge < -0.3 is 4.90 Å². The van der Waals surface area contributed by atoms with Crippen LogP contribution in [0.2, 0.25) is 0 Å². The first kappa shape index (κ1) is 26.4. The molecule has 0 atom stereocenters. The van der Waals surface area contributed by atoms with Crippen molar-refractivity contribution in [3.63, 3.8) is 0 Å². The van der Waals surface area contributed by atoms with Crippen LogP contribution in [0.3, 0.4) is 0 Å². The summed E-state index contributed by atoms with van der Waals surface area (Å²) in [5.74, 6) is 0. The molecule has 0 amide bonds. The Bertz CT molecular complexity index is 163. The van der Waals surface area contributed by atoms with E-state index in [0.29, 0.717) is 0 Å². The molecule has 0 saturated carbocycles. The molecule has 0 fully saturated rings. The Kier molecular flexibility index (Phi) is 28.7. The van der Waals surface area contributed by atoms with Gasteiger partial charge in [0.15, 0.2) is 0 Å². The van der Waals surface area contributed by atoms with Gasteiger partial charge in [-0.15, -0.1) is 24.8 Å². The zero-order valence-electron chi connectivity index (χ0n) is 14.9. The molecule has 0 aliphatic heterocycles. The van der Waals surface area contributed by atoms with E-state index in [9.17, 15) is 0 Å². The van der Waals surface area contributed by atoms with Gasteiger partial charge >= 0.3 is 0 Å². The summed E-state index contributed by atoms with van der Waals surface area (Å²) in [6.45, 7) is 3.55. The zero-order chi connectivity index (χ0) is 14.2. The van der Waals surface area contributed by atoms with E-state index in [4.69, 9.17) is 0 Å². The van der Waals surface area contributed by atoms with Crippen LogP contribution in [0, 0.1) is 0 Å². The molecule has 1 nitrogen and oxygen atoms in total. The number of nitrogens with zero attached hydrogens (tertiary/aromatic N) is 1. The summed E-state index contributed by atoms with van der Waals surface area (Å²) < 4.78 is 0. The van der Waals surface area contributed by atoms with Gasteiger partial charge in [0.1, 0.15) is 0 Å². The van der Waals surface area contributed by atoms with Crippen LogP contribution in [0.4, 0.5) is 0 Å². The van der Waals surface area contributed by atoms with Gasteiger partial charge in [0.2, 0.25) is 0 Å². The number of halogens is 2. The highest BCUT2D eigenvalue weighted by Gasteiger charge is 1.94. The summed E-state index contributed by atoms with van der Waals surface area (Å²) >= 11 is 0. The molecular formula is C18H41Cl2N. The van der Waals surface area contributed by atoms with E-state index in [0.717, 1.165) is 0 Å². The smallest absolute Gasteiger partial charge is 0.00248 e. The van der Waals surface area contributed by atoms with E-state index in [1.54, 1.807) is 0 Å². The summed E-state index contributed by atoms with van der Waals surface area (Å²) in [6.07, 6.45) is 20.3. The predicted molar refractivity (Wildman–Crippen MR) is 103 cm³/mol. The van der Waals surface area contributed by atoms with Gasteiger partial charge in [-0.05, 0) is 27.1 Å². The first-order valence-corrected chi connectivity index (χ1v) is 8.92. The van der Waals surface area contributed by atoms with Crippen LogP contribution in [-0.2, 0) is 0 Å². The van der Waals surface area contributed by atoms with Gasteiger partial charge in [-0.2, -0.15) is 0 Å². The zero-order valence-corrected chi connectivity index (χ0v) is 16.5. The molecule has 0 rings (SSSR count). The third-order valence-electron chi connectivity index (χ3n) is 3.96. The van der Waals surface area contributed by atoms with Crippen LogP contribution in [0.25, 0.3) is 0 Å². The average Bonchev–Trinajstić information content (AvgIpc) is 2.39. The minimum absolute atomic E-state index is 0. The minimum Gasteiger partial charge on any atom is -0.309 e.